The first-order chi connectivity index (χ1) is 13.4. The van der Waals surface area contributed by atoms with Crippen molar-refractivity contribution in [1.82, 2.24) is 15.5 Å². The van der Waals surface area contributed by atoms with Gasteiger partial charge in [0.25, 0.3) is 0 Å². The van der Waals surface area contributed by atoms with E-state index in [1.807, 2.05) is 13.8 Å². The minimum Gasteiger partial charge on any atom is -0.444 e. The molecule has 0 aliphatic rings. The second kappa shape index (κ2) is 9.13. The second-order valence-electron chi connectivity index (χ2n) is 7.77. The van der Waals surface area contributed by atoms with Crippen LogP contribution in [0.1, 0.15) is 58.5 Å². The second-order valence-corrected chi connectivity index (χ2v) is 10.0. The highest BCUT2D eigenvalue weighted by Crippen LogP contribution is 2.27. The summed E-state index contributed by atoms with van der Waals surface area (Å²) in [5.41, 5.74) is -0.248. The summed E-state index contributed by atoms with van der Waals surface area (Å²) in [6.45, 7) is 9.05. The average Bonchev–Trinajstić information content (AvgIpc) is 3.10. The number of alkyl carbamates (subject to hydrolysis) is 1. The summed E-state index contributed by atoms with van der Waals surface area (Å²) >= 11 is 6.05. The minimum absolute atomic E-state index is 0.00272. The Kier molecular flexibility index (Phi) is 7.29. The molecule has 0 aliphatic heterocycles. The fraction of sp³-hybridized carbons (Fsp3) is 0.526. The molecule has 0 saturated heterocycles. The molecule has 0 radical (unpaired) electrons. The number of hydrogen-bond acceptors (Lipinski definition) is 7. The first-order valence-electron chi connectivity index (χ1n) is 9.22. The number of amides is 1. The molecule has 160 valence electrons. The predicted molar refractivity (Wildman–Crippen MR) is 108 cm³/mol. The van der Waals surface area contributed by atoms with Crippen molar-refractivity contribution < 1.29 is 22.4 Å². The van der Waals surface area contributed by atoms with E-state index in [9.17, 15) is 13.2 Å². The summed E-state index contributed by atoms with van der Waals surface area (Å²) in [7, 11) is -3.91. The van der Waals surface area contributed by atoms with Crippen molar-refractivity contribution in [3.8, 4) is 0 Å². The largest absolute Gasteiger partial charge is 0.444 e. The fourth-order valence-electron chi connectivity index (χ4n) is 2.47. The van der Waals surface area contributed by atoms with Gasteiger partial charge in [0, 0.05) is 5.02 Å². The Balaban J connectivity index is 2.25. The molecule has 2 atom stereocenters. The van der Waals surface area contributed by atoms with E-state index in [1.165, 1.54) is 0 Å². The van der Waals surface area contributed by atoms with Gasteiger partial charge in [-0.1, -0.05) is 55.2 Å². The molecular formula is C19H26ClN3O5S. The summed E-state index contributed by atoms with van der Waals surface area (Å²) in [6, 6.07) is 5.94. The average molecular weight is 444 g/mol. The van der Waals surface area contributed by atoms with Crippen molar-refractivity contribution in [2.45, 2.75) is 63.7 Å². The van der Waals surface area contributed by atoms with E-state index in [0.717, 1.165) is 0 Å². The Bertz CT molecular complexity index is 953. The van der Waals surface area contributed by atoms with Crippen molar-refractivity contribution in [1.29, 1.82) is 0 Å². The zero-order chi connectivity index (χ0) is 21.8. The molecule has 0 spiro atoms. The van der Waals surface area contributed by atoms with Gasteiger partial charge < -0.3 is 14.5 Å². The molecule has 2 rings (SSSR count). The number of carbonyl (C=O) groups is 1. The van der Waals surface area contributed by atoms with Crippen molar-refractivity contribution >= 4 is 27.5 Å². The molecule has 0 aliphatic carbocycles. The zero-order valence-electron chi connectivity index (χ0n) is 17.1. The molecule has 1 aromatic heterocycles. The number of halogens is 1. The smallest absolute Gasteiger partial charge is 0.408 e. The van der Waals surface area contributed by atoms with E-state index in [-0.39, 0.29) is 17.6 Å². The molecule has 0 fully saturated rings. The van der Waals surface area contributed by atoms with Gasteiger partial charge in [0.15, 0.2) is 0 Å². The summed E-state index contributed by atoms with van der Waals surface area (Å²) < 4.78 is 36.1. The minimum atomic E-state index is -3.91. The summed E-state index contributed by atoms with van der Waals surface area (Å²) in [4.78, 5) is 12.2. The van der Waals surface area contributed by atoms with E-state index in [1.54, 1.807) is 45.0 Å². The highest BCUT2D eigenvalue weighted by Gasteiger charge is 2.31. The van der Waals surface area contributed by atoms with Crippen LogP contribution in [0, 0.1) is 5.92 Å². The summed E-state index contributed by atoms with van der Waals surface area (Å²) in [5, 5.41) is 10.1. The molecule has 1 N–H and O–H groups in total. The molecule has 1 amide bonds. The third-order valence-electron chi connectivity index (χ3n) is 4.14. The lowest BCUT2D eigenvalue weighted by Gasteiger charge is -2.24. The van der Waals surface area contributed by atoms with Crippen LogP contribution in [0.3, 0.4) is 0 Å². The lowest BCUT2D eigenvalue weighted by Crippen LogP contribution is -2.37. The van der Waals surface area contributed by atoms with Crippen molar-refractivity contribution in [2.75, 3.05) is 0 Å². The van der Waals surface area contributed by atoms with Crippen molar-refractivity contribution in [3.05, 3.63) is 40.7 Å². The van der Waals surface area contributed by atoms with Gasteiger partial charge in [-0.2, -0.15) is 0 Å². The molecule has 2 aromatic rings. The van der Waals surface area contributed by atoms with Crippen LogP contribution in [0.2, 0.25) is 5.02 Å². The Labute approximate surface area is 175 Å². The van der Waals surface area contributed by atoms with Crippen LogP contribution in [0.15, 0.2) is 33.9 Å². The highest BCUT2D eigenvalue weighted by molar-refractivity contribution is 7.90. The number of sulfone groups is 1. The van der Waals surface area contributed by atoms with E-state index in [0.29, 0.717) is 17.0 Å². The van der Waals surface area contributed by atoms with Crippen LogP contribution in [-0.2, 0) is 20.3 Å². The SMILES string of the molecule is CCC(C)C(NC(=O)OC(C)(C)C)c1nnc(S(=O)(=O)Cc2ccccc2Cl)o1. The maximum absolute atomic E-state index is 12.7. The van der Waals surface area contributed by atoms with Crippen LogP contribution in [0.4, 0.5) is 4.79 Å². The van der Waals surface area contributed by atoms with Gasteiger partial charge in [-0.3, -0.25) is 0 Å². The molecular weight excluding hydrogens is 418 g/mol. The number of aromatic nitrogens is 2. The molecule has 8 nitrogen and oxygen atoms in total. The topological polar surface area (TPSA) is 111 Å². The van der Waals surface area contributed by atoms with Gasteiger partial charge in [0.2, 0.25) is 15.7 Å². The summed E-state index contributed by atoms with van der Waals surface area (Å²) in [5.74, 6) is -0.466. The normalized spacial score (nSPS) is 14.3. The van der Waals surface area contributed by atoms with E-state index in [2.05, 4.69) is 15.5 Å². The molecule has 10 heteroatoms. The predicted octanol–water partition coefficient (Wildman–Crippen LogP) is 4.31. The number of benzene rings is 1. The standard InChI is InChI=1S/C19H26ClN3O5S/c1-6-12(2)15(21-17(24)28-19(3,4)5)16-22-23-18(27-16)29(25,26)11-13-9-7-8-10-14(13)20/h7-10,12,15H,6,11H2,1-5H3,(H,21,24). The molecule has 29 heavy (non-hydrogen) atoms. The van der Waals surface area contributed by atoms with Gasteiger partial charge in [-0.25, -0.2) is 13.2 Å². The van der Waals surface area contributed by atoms with Crippen LogP contribution in [0.5, 0.6) is 0 Å². The first kappa shape index (κ1) is 23.2. The first-order valence-corrected chi connectivity index (χ1v) is 11.2. The van der Waals surface area contributed by atoms with Crippen LogP contribution < -0.4 is 5.32 Å². The number of carbonyl (C=O) groups excluding carboxylic acids is 1. The van der Waals surface area contributed by atoms with Gasteiger partial charge in [-0.05, 0) is 38.3 Å². The maximum atomic E-state index is 12.7. The molecule has 0 saturated carbocycles. The van der Waals surface area contributed by atoms with Crippen molar-refractivity contribution in [3.63, 3.8) is 0 Å². The van der Waals surface area contributed by atoms with Gasteiger partial charge >= 0.3 is 11.3 Å². The Morgan fingerprint density at radius 3 is 2.52 bits per heavy atom. The quantitative estimate of drug-likeness (QED) is 0.678. The Morgan fingerprint density at radius 2 is 1.93 bits per heavy atom. The van der Waals surface area contributed by atoms with Gasteiger partial charge in [0.05, 0.1) is 5.75 Å². The Morgan fingerprint density at radius 1 is 1.28 bits per heavy atom. The van der Waals surface area contributed by atoms with Crippen LogP contribution in [0.25, 0.3) is 0 Å². The van der Waals surface area contributed by atoms with E-state index >= 15 is 0 Å². The summed E-state index contributed by atoms with van der Waals surface area (Å²) in [6.07, 6.45) is 0.0337. The fourth-order valence-corrected chi connectivity index (χ4v) is 3.92. The third-order valence-corrected chi connectivity index (χ3v) is 5.90. The Hall–Kier alpha value is -2.13. The van der Waals surface area contributed by atoms with Gasteiger partial charge in [0.1, 0.15) is 11.6 Å². The lowest BCUT2D eigenvalue weighted by atomic mass is 9.99. The van der Waals surface area contributed by atoms with Crippen LogP contribution >= 0.6 is 11.6 Å². The molecule has 0 bridgehead atoms. The van der Waals surface area contributed by atoms with Crippen LogP contribution in [-0.4, -0.2) is 30.3 Å². The number of nitrogens with one attached hydrogen (secondary N) is 1. The zero-order valence-corrected chi connectivity index (χ0v) is 18.7. The number of hydrogen-bond donors (Lipinski definition) is 1. The highest BCUT2D eigenvalue weighted by atomic mass is 35.5. The molecule has 2 unspecified atom stereocenters. The van der Waals surface area contributed by atoms with E-state index < -0.39 is 32.8 Å². The number of rotatable bonds is 7. The lowest BCUT2D eigenvalue weighted by molar-refractivity contribution is 0.0473. The van der Waals surface area contributed by atoms with Crippen molar-refractivity contribution in [2.24, 2.45) is 5.92 Å². The van der Waals surface area contributed by atoms with Gasteiger partial charge in [-0.15, -0.1) is 5.10 Å². The molecule has 1 heterocycles. The monoisotopic (exact) mass is 443 g/mol. The molecule has 1 aromatic carbocycles. The number of ether oxygens (including phenoxy) is 1. The number of nitrogens with zero attached hydrogens (tertiary/aromatic N) is 2. The van der Waals surface area contributed by atoms with E-state index in [4.69, 9.17) is 20.8 Å². The maximum Gasteiger partial charge on any atom is 0.408 e. The third kappa shape index (κ3) is 6.43.